The minimum atomic E-state index is -4.95. The van der Waals surface area contributed by atoms with Gasteiger partial charge < -0.3 is 34.2 Å². The molecule has 0 aliphatic rings. The quantitative estimate of drug-likeness (QED) is 0.0146. The summed E-state index contributed by atoms with van der Waals surface area (Å²) in [6.45, 7) is 2.52. The van der Waals surface area contributed by atoms with Crippen molar-refractivity contribution in [3.63, 3.8) is 0 Å². The molecule has 0 aliphatic carbocycles. The van der Waals surface area contributed by atoms with Crippen molar-refractivity contribution in [1.82, 2.24) is 0 Å². The van der Waals surface area contributed by atoms with Gasteiger partial charge in [0.05, 0.1) is 26.4 Å². The first-order valence-corrected chi connectivity index (χ1v) is 47.8. The first kappa shape index (κ1) is 108. The predicted molar refractivity (Wildman–Crippen MR) is 472 cm³/mol. The van der Waals surface area contributed by atoms with Crippen LogP contribution in [0.1, 0.15) is 367 Å². The number of unbranched alkanes of at least 4 members (excludes halogenated alkanes) is 35. The van der Waals surface area contributed by atoms with Gasteiger partial charge >= 0.3 is 33.6 Å². The molecule has 0 amide bonds. The number of hydrogen-bond acceptors (Lipinski definition) is 14. The van der Waals surface area contributed by atoms with E-state index < -0.39 is 91.5 Å². The summed E-state index contributed by atoms with van der Waals surface area (Å²) < 4.78 is 61.4. The number of aliphatic hydroxyl groups is 2. The molecular weight excluding hydrogens is 1460 g/mol. The average molecular weight is 1620 g/mol. The number of carbonyl (C=O) groups excluding carboxylic acids is 3. The maximum absolute atomic E-state index is 13.1. The van der Waals surface area contributed by atoms with Crippen molar-refractivity contribution < 1.29 is 75.8 Å². The molecule has 0 aliphatic heterocycles. The van der Waals surface area contributed by atoms with E-state index in [1.54, 1.807) is 0 Å². The molecule has 18 heteroatoms. The molecule has 0 aromatic heterocycles. The maximum atomic E-state index is 13.1. The van der Waals surface area contributed by atoms with Gasteiger partial charge in [0.15, 0.2) is 6.10 Å². The number of aliphatic hydroxyl groups excluding tert-OH is 2. The van der Waals surface area contributed by atoms with Gasteiger partial charge in [-0.15, -0.1) is 0 Å². The lowest BCUT2D eigenvalue weighted by Crippen LogP contribution is -2.30. The summed E-state index contributed by atoms with van der Waals surface area (Å²) in [5, 5.41) is 20.7. The Labute approximate surface area is 689 Å². The maximum Gasteiger partial charge on any atom is 0.472 e. The van der Waals surface area contributed by atoms with E-state index in [4.69, 9.17) is 32.3 Å². The second kappa shape index (κ2) is 86.5. The van der Waals surface area contributed by atoms with Crippen molar-refractivity contribution in [2.75, 3.05) is 39.6 Å². The van der Waals surface area contributed by atoms with E-state index in [9.17, 15) is 43.5 Å². The van der Waals surface area contributed by atoms with E-state index in [1.807, 2.05) is 0 Å². The van der Waals surface area contributed by atoms with Crippen LogP contribution in [0.2, 0.25) is 0 Å². The zero-order chi connectivity index (χ0) is 82.2. The van der Waals surface area contributed by atoms with Crippen LogP contribution in [0.25, 0.3) is 0 Å². The van der Waals surface area contributed by atoms with E-state index in [0.717, 1.165) is 167 Å². The lowest BCUT2D eigenvalue weighted by Gasteiger charge is -2.21. The van der Waals surface area contributed by atoms with E-state index in [1.165, 1.54) is 141 Å². The summed E-state index contributed by atoms with van der Waals surface area (Å²) in [7, 11) is -9.82. The van der Waals surface area contributed by atoms with E-state index in [-0.39, 0.29) is 19.3 Å². The van der Waals surface area contributed by atoms with Gasteiger partial charge in [-0.25, -0.2) is 9.13 Å². The minimum Gasteiger partial charge on any atom is -0.463 e. The summed E-state index contributed by atoms with van der Waals surface area (Å²) in [5.41, 5.74) is 0. The first-order chi connectivity index (χ1) is 55.2. The second-order valence-corrected chi connectivity index (χ2v) is 32.6. The Kier molecular flexibility index (Phi) is 82.8. The Morgan fingerprint density at radius 2 is 0.469 bits per heavy atom. The molecule has 5 atom stereocenters. The number of rotatable bonds is 84. The fourth-order valence-corrected chi connectivity index (χ4v) is 13.5. The largest absolute Gasteiger partial charge is 0.472 e. The Balaban J connectivity index is 4.64. The SMILES string of the molecule is CC/C=C\C/C=C\C/C=C\C/C=C\C/C=C\CCCCCCCCCCCCCCCC(=O)OCC(O)COP(=O)(O)OCC(O)COP(=O)(O)OCC(COC(=O)CCCCCCCCCCCCC/C=C\C/C=C\C/C=C\C/C=C\CCCCC)OC(=O)CCCCCCC/C=C\C/C=C\C/C=C\C/C=C\CCCCC. The molecule has 0 saturated carbocycles. The van der Waals surface area contributed by atoms with Gasteiger partial charge in [0.25, 0.3) is 0 Å². The Bertz CT molecular complexity index is 2680. The lowest BCUT2D eigenvalue weighted by atomic mass is 10.0. The summed E-state index contributed by atoms with van der Waals surface area (Å²) in [6.07, 6.45) is 110. The standard InChI is InChI=1S/C95H162O16P2/c1-4-7-10-13-16-19-22-25-28-31-34-37-39-41-43-44-46-48-49-52-54-57-60-63-66-69-72-75-78-81-93(98)105-84-90(96)85-107-112(101,102)108-86-91(97)87-109-113(103,104)110-89-92(111-95(100)83-80-77-74-71-68-65-62-59-56-51-36-33-30-27-24-21-18-15-12-9-6-3)88-106-94(99)82-79-76-73-70-67-64-61-58-55-53-50-47-45-42-40-38-35-32-29-26-23-20-17-14-11-8-5-2/h7,10,16-21,25-30,34-38,41-43,45,51,59,62,90-92,96-97H,4-6,8-9,11-15,22-24,31-33,39-40,44,46-50,52-58,60-61,63-89H2,1-3H3,(H,101,102)(H,103,104)/b10-7-,19-16-,20-17-,21-18-,28-25-,29-26-,30-27-,37-34-,38-35-,43-41-,45-42-,51-36-,62-59-. The predicted octanol–water partition coefficient (Wildman–Crippen LogP) is 27.3. The third-order valence-electron chi connectivity index (χ3n) is 18.7. The van der Waals surface area contributed by atoms with Gasteiger partial charge in [-0.1, -0.05) is 352 Å². The van der Waals surface area contributed by atoms with Gasteiger partial charge in [0.1, 0.15) is 25.4 Å². The van der Waals surface area contributed by atoms with Crippen molar-refractivity contribution in [3.05, 3.63) is 158 Å². The Morgan fingerprint density at radius 1 is 0.257 bits per heavy atom. The highest BCUT2D eigenvalue weighted by molar-refractivity contribution is 7.47. The number of ether oxygens (including phenoxy) is 3. The molecule has 648 valence electrons. The summed E-state index contributed by atoms with van der Waals surface area (Å²) in [6, 6.07) is 0. The van der Waals surface area contributed by atoms with E-state index in [0.29, 0.717) is 19.3 Å². The van der Waals surface area contributed by atoms with Crippen LogP contribution in [0.4, 0.5) is 0 Å². The number of phosphoric ester groups is 2. The fourth-order valence-electron chi connectivity index (χ4n) is 11.9. The molecule has 0 bridgehead atoms. The average Bonchev–Trinajstić information content (AvgIpc) is 0.903. The second-order valence-electron chi connectivity index (χ2n) is 29.7. The van der Waals surface area contributed by atoms with Crippen molar-refractivity contribution >= 4 is 33.6 Å². The molecule has 0 spiro atoms. The van der Waals surface area contributed by atoms with Crippen LogP contribution in [0.5, 0.6) is 0 Å². The normalized spacial score (nSPS) is 14.6. The fraction of sp³-hybridized carbons (Fsp3) is 0.695. The molecule has 16 nitrogen and oxygen atoms in total. The first-order valence-electron chi connectivity index (χ1n) is 44.8. The van der Waals surface area contributed by atoms with E-state index in [2.05, 4.69) is 179 Å². The van der Waals surface area contributed by atoms with Crippen LogP contribution in [0.3, 0.4) is 0 Å². The van der Waals surface area contributed by atoms with Crippen LogP contribution < -0.4 is 0 Å². The molecule has 0 rings (SSSR count). The third kappa shape index (κ3) is 87.8. The molecule has 0 aromatic carbocycles. The molecule has 0 saturated heterocycles. The summed E-state index contributed by atoms with van der Waals surface area (Å²) in [5.74, 6) is -1.59. The smallest absolute Gasteiger partial charge is 0.463 e. The van der Waals surface area contributed by atoms with Crippen LogP contribution in [-0.2, 0) is 55.8 Å². The zero-order valence-electron chi connectivity index (χ0n) is 71.3. The van der Waals surface area contributed by atoms with Gasteiger partial charge in [0, 0.05) is 19.3 Å². The van der Waals surface area contributed by atoms with Crippen molar-refractivity contribution in [2.24, 2.45) is 0 Å². The Morgan fingerprint density at radius 3 is 0.743 bits per heavy atom. The third-order valence-corrected chi connectivity index (χ3v) is 20.6. The van der Waals surface area contributed by atoms with Crippen LogP contribution in [0, 0.1) is 0 Å². The van der Waals surface area contributed by atoms with Gasteiger partial charge in [-0.3, -0.25) is 32.5 Å². The zero-order valence-corrected chi connectivity index (χ0v) is 73.0. The van der Waals surface area contributed by atoms with Crippen LogP contribution in [0.15, 0.2) is 158 Å². The molecule has 0 heterocycles. The monoisotopic (exact) mass is 1620 g/mol. The number of esters is 3. The highest BCUT2D eigenvalue weighted by atomic mass is 31.2. The van der Waals surface area contributed by atoms with Gasteiger partial charge in [-0.05, 0) is 154 Å². The van der Waals surface area contributed by atoms with Crippen molar-refractivity contribution in [3.8, 4) is 0 Å². The molecule has 113 heavy (non-hydrogen) atoms. The molecule has 4 N–H and O–H groups in total. The molecule has 0 radical (unpaired) electrons. The highest BCUT2D eigenvalue weighted by Gasteiger charge is 2.29. The number of hydrogen-bond donors (Lipinski definition) is 4. The molecule has 0 fully saturated rings. The number of phosphoric acid groups is 2. The van der Waals surface area contributed by atoms with Gasteiger partial charge in [0.2, 0.25) is 0 Å². The Hall–Kier alpha value is -4.83. The molecule has 0 aromatic rings. The highest BCUT2D eigenvalue weighted by Crippen LogP contribution is 2.45. The minimum absolute atomic E-state index is 0.0794. The van der Waals surface area contributed by atoms with Gasteiger partial charge in [-0.2, -0.15) is 0 Å². The topological polar surface area (TPSA) is 231 Å². The number of carbonyl (C=O) groups is 3. The molecule has 5 unspecified atom stereocenters. The van der Waals surface area contributed by atoms with Crippen LogP contribution >= 0.6 is 15.6 Å². The molecular formula is C95H162O16P2. The lowest BCUT2D eigenvalue weighted by molar-refractivity contribution is -0.161. The van der Waals surface area contributed by atoms with E-state index >= 15 is 0 Å². The van der Waals surface area contributed by atoms with Crippen LogP contribution in [-0.4, -0.2) is 95.9 Å². The van der Waals surface area contributed by atoms with Crippen molar-refractivity contribution in [2.45, 2.75) is 386 Å². The van der Waals surface area contributed by atoms with Crippen molar-refractivity contribution in [1.29, 1.82) is 0 Å². The number of allylic oxidation sites excluding steroid dienone is 26. The summed E-state index contributed by atoms with van der Waals surface area (Å²) >= 11 is 0. The summed E-state index contributed by atoms with van der Waals surface area (Å²) in [4.78, 5) is 59.0.